The molecular weight excluding hydrogens is 351 g/mol. The Morgan fingerprint density at radius 2 is 2.17 bits per heavy atom. The molecule has 0 aliphatic carbocycles. The molecule has 12 heteroatoms. The second-order valence-electron chi connectivity index (χ2n) is 5.51. The van der Waals surface area contributed by atoms with Gasteiger partial charge in [-0.3, -0.25) is 15.2 Å². The molecular formula is C12H18F3N5O3S. The third-order valence-corrected chi connectivity index (χ3v) is 5.64. The zero-order valence-corrected chi connectivity index (χ0v) is 13.7. The predicted molar refractivity (Wildman–Crippen MR) is 78.4 cm³/mol. The molecule has 8 nitrogen and oxygen atoms in total. The number of hydrogen-bond donors (Lipinski definition) is 2. The number of alkyl halides is 3. The van der Waals surface area contributed by atoms with Crippen LogP contribution < -0.4 is 5.32 Å². The van der Waals surface area contributed by atoms with Crippen LogP contribution in [-0.4, -0.2) is 52.7 Å². The number of nitrogens with zero attached hydrogens (tertiary/aromatic N) is 3. The van der Waals surface area contributed by atoms with Crippen molar-refractivity contribution < 1.29 is 26.4 Å². The molecule has 2 rings (SSSR count). The van der Waals surface area contributed by atoms with E-state index in [2.05, 4.69) is 15.4 Å². The smallest absolute Gasteiger partial charge is 0.293 e. The highest BCUT2D eigenvalue weighted by atomic mass is 32.2. The van der Waals surface area contributed by atoms with Gasteiger partial charge in [-0.05, 0) is 19.3 Å². The second-order valence-corrected chi connectivity index (χ2v) is 7.60. The van der Waals surface area contributed by atoms with Crippen molar-refractivity contribution in [2.45, 2.75) is 32.4 Å². The number of amides is 1. The summed E-state index contributed by atoms with van der Waals surface area (Å²) >= 11 is 0. The molecule has 1 atom stereocenters. The molecule has 2 N–H and O–H groups in total. The third-order valence-electron chi connectivity index (χ3n) is 3.60. The number of rotatable bonds is 5. The van der Waals surface area contributed by atoms with E-state index >= 15 is 0 Å². The molecule has 2 heterocycles. The number of sulfonamides is 1. The van der Waals surface area contributed by atoms with Crippen molar-refractivity contribution in [2.24, 2.45) is 5.92 Å². The van der Waals surface area contributed by atoms with Gasteiger partial charge in [0.2, 0.25) is 27.7 Å². The third kappa shape index (κ3) is 4.44. The van der Waals surface area contributed by atoms with E-state index in [4.69, 9.17) is 0 Å². The second kappa shape index (κ2) is 7.05. The van der Waals surface area contributed by atoms with Crippen molar-refractivity contribution in [1.82, 2.24) is 19.5 Å². The fourth-order valence-electron chi connectivity index (χ4n) is 2.45. The van der Waals surface area contributed by atoms with Crippen molar-refractivity contribution in [3.8, 4) is 0 Å². The molecule has 0 saturated carbocycles. The number of nitrogens with one attached hydrogen (secondary N) is 2. The van der Waals surface area contributed by atoms with Crippen molar-refractivity contribution >= 4 is 21.9 Å². The lowest BCUT2D eigenvalue weighted by Crippen LogP contribution is -2.44. The van der Waals surface area contributed by atoms with Crippen LogP contribution in [0.15, 0.2) is 0 Å². The monoisotopic (exact) mass is 369 g/mol. The minimum absolute atomic E-state index is 0.00277. The summed E-state index contributed by atoms with van der Waals surface area (Å²) in [6, 6.07) is 0. The number of H-pyrrole nitrogens is 1. The van der Waals surface area contributed by atoms with Gasteiger partial charge in [-0.2, -0.15) is 18.2 Å². The summed E-state index contributed by atoms with van der Waals surface area (Å²) in [6.45, 7) is 2.09. The van der Waals surface area contributed by atoms with Gasteiger partial charge in [0.05, 0.1) is 11.7 Å². The summed E-state index contributed by atoms with van der Waals surface area (Å²) in [4.78, 5) is 15.3. The number of piperidine rings is 1. The van der Waals surface area contributed by atoms with E-state index in [0.717, 1.165) is 0 Å². The maximum absolute atomic E-state index is 12.4. The molecule has 0 spiro atoms. The van der Waals surface area contributed by atoms with Crippen LogP contribution in [0.2, 0.25) is 0 Å². The van der Waals surface area contributed by atoms with Crippen LogP contribution in [0, 0.1) is 5.92 Å². The predicted octanol–water partition coefficient (Wildman–Crippen LogP) is 1.21. The van der Waals surface area contributed by atoms with E-state index in [9.17, 15) is 26.4 Å². The van der Waals surface area contributed by atoms with E-state index in [1.807, 2.05) is 0 Å². The first kappa shape index (κ1) is 18.6. The Bertz CT molecular complexity index is 688. The van der Waals surface area contributed by atoms with Gasteiger partial charge in [-0.15, -0.1) is 5.10 Å². The number of anilines is 1. The molecule has 1 amide bonds. The van der Waals surface area contributed by atoms with Crippen LogP contribution in [0.3, 0.4) is 0 Å². The highest BCUT2D eigenvalue weighted by Gasteiger charge is 2.36. The molecule has 24 heavy (non-hydrogen) atoms. The molecule has 136 valence electrons. The lowest BCUT2D eigenvalue weighted by molar-refractivity contribution is -0.144. The highest BCUT2D eigenvalue weighted by Crippen LogP contribution is 2.26. The van der Waals surface area contributed by atoms with Crippen molar-refractivity contribution in [1.29, 1.82) is 0 Å². The summed E-state index contributed by atoms with van der Waals surface area (Å²) in [5.41, 5.74) is 0. The van der Waals surface area contributed by atoms with Gasteiger partial charge in [0.15, 0.2) is 0 Å². The number of carbonyl (C=O) groups is 1. The Labute approximate surface area is 136 Å². The van der Waals surface area contributed by atoms with Crippen LogP contribution in [0.5, 0.6) is 0 Å². The zero-order chi connectivity index (χ0) is 18.0. The van der Waals surface area contributed by atoms with Gasteiger partial charge in [0.1, 0.15) is 0 Å². The number of carbonyl (C=O) groups excluding carboxylic acids is 1. The Morgan fingerprint density at radius 3 is 2.75 bits per heavy atom. The topological polar surface area (TPSA) is 108 Å². The fourth-order valence-corrected chi connectivity index (χ4v) is 4.04. The Balaban J connectivity index is 2.01. The zero-order valence-electron chi connectivity index (χ0n) is 12.9. The van der Waals surface area contributed by atoms with Crippen LogP contribution in [0.4, 0.5) is 19.1 Å². The first-order valence-corrected chi connectivity index (χ1v) is 9.02. The summed E-state index contributed by atoms with van der Waals surface area (Å²) < 4.78 is 62.7. The van der Waals surface area contributed by atoms with Crippen LogP contribution in [-0.2, 0) is 21.0 Å². The van der Waals surface area contributed by atoms with Gasteiger partial charge in [-0.25, -0.2) is 12.7 Å². The molecule has 0 aromatic carbocycles. The van der Waals surface area contributed by atoms with Crippen LogP contribution in [0.1, 0.15) is 32.0 Å². The van der Waals surface area contributed by atoms with E-state index in [1.54, 1.807) is 12.0 Å². The molecule has 1 fully saturated rings. The van der Waals surface area contributed by atoms with E-state index < -0.39 is 39.8 Å². The molecule has 1 saturated heterocycles. The Morgan fingerprint density at radius 1 is 1.46 bits per heavy atom. The maximum Gasteiger partial charge on any atom is 0.451 e. The van der Waals surface area contributed by atoms with Crippen LogP contribution >= 0.6 is 0 Å². The summed E-state index contributed by atoms with van der Waals surface area (Å²) in [6.07, 6.45) is -3.28. The minimum Gasteiger partial charge on any atom is -0.293 e. The highest BCUT2D eigenvalue weighted by molar-refractivity contribution is 7.89. The van der Waals surface area contributed by atoms with Gasteiger partial charge in [0, 0.05) is 13.1 Å². The first-order chi connectivity index (χ1) is 11.1. The lowest BCUT2D eigenvalue weighted by atomic mass is 9.99. The molecule has 1 aliphatic heterocycles. The Hall–Kier alpha value is -1.69. The number of aromatic amines is 1. The molecule has 0 unspecified atom stereocenters. The number of aromatic nitrogens is 3. The number of halogens is 3. The maximum atomic E-state index is 12.4. The van der Waals surface area contributed by atoms with E-state index in [-0.39, 0.29) is 12.3 Å². The molecule has 0 radical (unpaired) electrons. The summed E-state index contributed by atoms with van der Waals surface area (Å²) in [7, 11) is -3.42. The molecule has 1 aliphatic rings. The quantitative estimate of drug-likeness (QED) is 0.811. The standard InChI is InChI=1S/C12H18F3N5O3S/c1-2-6-24(22,23)20-5-3-4-8(7-20)9(21)16-11-17-10(18-19-11)12(13,14)15/h8H,2-7H2,1H3,(H2,16,17,18,19,21)/t8-/m0/s1. The normalized spacial score (nSPS) is 20.1. The Kier molecular flexibility index (Phi) is 5.48. The van der Waals surface area contributed by atoms with E-state index in [0.29, 0.717) is 25.8 Å². The van der Waals surface area contributed by atoms with Crippen molar-refractivity contribution in [3.63, 3.8) is 0 Å². The van der Waals surface area contributed by atoms with Gasteiger partial charge in [0.25, 0.3) is 0 Å². The SMILES string of the molecule is CCCS(=O)(=O)N1CCC[C@H](C(=O)Nc2n[nH]c(C(F)(F)F)n2)C1. The van der Waals surface area contributed by atoms with E-state index in [1.165, 1.54) is 4.31 Å². The molecule has 1 aromatic heterocycles. The van der Waals surface area contributed by atoms with Crippen molar-refractivity contribution in [2.75, 3.05) is 24.2 Å². The average molecular weight is 369 g/mol. The molecule has 0 bridgehead atoms. The molecule has 1 aromatic rings. The lowest BCUT2D eigenvalue weighted by Gasteiger charge is -2.30. The first-order valence-electron chi connectivity index (χ1n) is 7.41. The number of hydrogen-bond acceptors (Lipinski definition) is 5. The fraction of sp³-hybridized carbons (Fsp3) is 0.750. The average Bonchev–Trinajstić information content (AvgIpc) is 2.96. The largest absolute Gasteiger partial charge is 0.451 e. The van der Waals surface area contributed by atoms with Crippen molar-refractivity contribution in [3.05, 3.63) is 5.82 Å². The van der Waals surface area contributed by atoms with Gasteiger partial charge >= 0.3 is 6.18 Å². The van der Waals surface area contributed by atoms with Gasteiger partial charge in [-0.1, -0.05) is 6.92 Å². The minimum atomic E-state index is -4.69. The van der Waals surface area contributed by atoms with Crippen LogP contribution in [0.25, 0.3) is 0 Å². The summed E-state index contributed by atoms with van der Waals surface area (Å²) in [5.74, 6) is -3.05. The van der Waals surface area contributed by atoms with Gasteiger partial charge < -0.3 is 0 Å². The summed E-state index contributed by atoms with van der Waals surface area (Å²) in [5, 5.41) is 7.19.